The number of β-lactam (4-membered cyclic amide) rings is 1. The van der Waals surface area contributed by atoms with Gasteiger partial charge in [0.2, 0.25) is 11.8 Å². The van der Waals surface area contributed by atoms with Crippen molar-refractivity contribution in [1.29, 1.82) is 0 Å². The minimum Gasteiger partial charge on any atom is -0.480 e. The number of carbonyl (C=O) groups excluding carboxylic acids is 3. The maximum Gasteiger partial charge on any atom is 0.328 e. The molecule has 2 aliphatic rings. The first-order valence-corrected chi connectivity index (χ1v) is 11.8. The highest BCUT2D eigenvalue weighted by Crippen LogP contribution is 2.50. The third-order valence-electron chi connectivity index (χ3n) is 5.59. The molecule has 0 unspecified atom stereocenters. The van der Waals surface area contributed by atoms with Crippen LogP contribution >= 0.6 is 23.1 Å². The zero-order chi connectivity index (χ0) is 23.2. The minimum absolute atomic E-state index is 0.317. The van der Waals surface area contributed by atoms with Crippen LogP contribution in [0.25, 0.3) is 0 Å². The van der Waals surface area contributed by atoms with Gasteiger partial charge in [-0.3, -0.25) is 14.4 Å². The van der Waals surface area contributed by atoms with Gasteiger partial charge < -0.3 is 20.1 Å². The number of carboxylic acids is 1. The largest absolute Gasteiger partial charge is 0.480 e. The fourth-order valence-corrected chi connectivity index (χ4v) is 6.31. The molecule has 2 saturated heterocycles. The van der Waals surface area contributed by atoms with Crippen molar-refractivity contribution in [3.05, 3.63) is 52.2 Å². The van der Waals surface area contributed by atoms with Gasteiger partial charge in [-0.15, -0.1) is 11.8 Å². The van der Waals surface area contributed by atoms with Gasteiger partial charge in [-0.05, 0) is 55.3 Å². The number of aryl methyl sites for hydroxylation is 1. The van der Waals surface area contributed by atoms with Gasteiger partial charge in [0.15, 0.2) is 5.92 Å². The number of thioether (sulfide) groups is 1. The first-order valence-electron chi connectivity index (χ1n) is 9.94. The second-order valence-electron chi connectivity index (χ2n) is 8.31. The zero-order valence-corrected chi connectivity index (χ0v) is 19.2. The van der Waals surface area contributed by atoms with Crippen LogP contribution in [0.15, 0.2) is 41.1 Å². The second kappa shape index (κ2) is 8.25. The van der Waals surface area contributed by atoms with Crippen LogP contribution in [0, 0.1) is 6.92 Å². The Morgan fingerprint density at radius 1 is 1.19 bits per heavy atom. The van der Waals surface area contributed by atoms with Crippen LogP contribution in [0.3, 0.4) is 0 Å². The molecule has 0 spiro atoms. The maximum atomic E-state index is 13.1. The van der Waals surface area contributed by atoms with Crippen LogP contribution in [-0.2, 0) is 19.2 Å². The lowest BCUT2D eigenvalue weighted by atomic mass is 9.95. The Morgan fingerprint density at radius 2 is 1.88 bits per heavy atom. The number of hydrogen-bond acceptors (Lipinski definition) is 7. The van der Waals surface area contributed by atoms with Gasteiger partial charge in [0.25, 0.3) is 0 Å². The molecule has 4 atom stereocenters. The van der Waals surface area contributed by atoms with Crippen molar-refractivity contribution >= 4 is 46.9 Å². The molecule has 0 saturated carbocycles. The molecule has 10 heteroatoms. The molecule has 3 heterocycles. The second-order valence-corrected chi connectivity index (χ2v) is 10.9. The molecule has 4 rings (SSSR count). The van der Waals surface area contributed by atoms with Crippen LogP contribution in [0.2, 0.25) is 0 Å². The first-order chi connectivity index (χ1) is 15.1. The van der Waals surface area contributed by atoms with Crippen molar-refractivity contribution in [1.82, 2.24) is 10.2 Å². The van der Waals surface area contributed by atoms with Crippen molar-refractivity contribution in [2.45, 2.75) is 48.9 Å². The van der Waals surface area contributed by atoms with Crippen molar-refractivity contribution in [3.8, 4) is 5.75 Å². The van der Waals surface area contributed by atoms with E-state index < -0.39 is 51.9 Å². The van der Waals surface area contributed by atoms with Gasteiger partial charge in [-0.25, -0.2) is 4.79 Å². The Labute approximate surface area is 192 Å². The van der Waals surface area contributed by atoms with Gasteiger partial charge in [-0.2, -0.15) is 11.3 Å². The van der Waals surface area contributed by atoms with E-state index in [0.717, 1.165) is 5.56 Å². The number of carboxylic acid groups (broad SMARTS) is 1. The van der Waals surface area contributed by atoms with Gasteiger partial charge >= 0.3 is 11.9 Å². The average Bonchev–Trinajstić information content (AvgIpc) is 3.32. The van der Waals surface area contributed by atoms with E-state index in [9.17, 15) is 24.3 Å². The van der Waals surface area contributed by atoms with E-state index in [1.807, 2.05) is 6.92 Å². The minimum atomic E-state index is -1.25. The van der Waals surface area contributed by atoms with E-state index in [-0.39, 0.29) is 0 Å². The highest BCUT2D eigenvalue weighted by molar-refractivity contribution is 8.01. The van der Waals surface area contributed by atoms with Crippen molar-refractivity contribution in [2.75, 3.05) is 0 Å². The number of nitrogens with one attached hydrogen (secondary N) is 1. The van der Waals surface area contributed by atoms with Crippen LogP contribution in [0.1, 0.15) is 30.9 Å². The van der Waals surface area contributed by atoms with Crippen LogP contribution in [-0.4, -0.2) is 56.0 Å². The summed E-state index contributed by atoms with van der Waals surface area (Å²) in [7, 11) is 0. The summed E-state index contributed by atoms with van der Waals surface area (Å²) in [6, 6.07) is 6.66. The Kier molecular flexibility index (Phi) is 5.76. The molecule has 2 aliphatic heterocycles. The van der Waals surface area contributed by atoms with Crippen molar-refractivity contribution in [3.63, 3.8) is 0 Å². The van der Waals surface area contributed by atoms with E-state index in [1.165, 1.54) is 28.0 Å². The topological polar surface area (TPSA) is 113 Å². The molecule has 0 bridgehead atoms. The Balaban J connectivity index is 1.52. The van der Waals surface area contributed by atoms with Gasteiger partial charge in [0.1, 0.15) is 23.2 Å². The molecule has 168 valence electrons. The lowest BCUT2D eigenvalue weighted by molar-refractivity contribution is -0.161. The number of fused-ring (bicyclic) bond motifs is 1. The highest BCUT2D eigenvalue weighted by Gasteiger charge is 2.64. The number of nitrogens with zero attached hydrogens (tertiary/aromatic N) is 1. The van der Waals surface area contributed by atoms with E-state index in [1.54, 1.807) is 54.9 Å². The van der Waals surface area contributed by atoms with Crippen molar-refractivity contribution in [2.24, 2.45) is 0 Å². The number of aliphatic carboxylic acids is 1. The summed E-state index contributed by atoms with van der Waals surface area (Å²) in [5.41, 5.74) is 1.47. The third kappa shape index (κ3) is 3.88. The molecular formula is C22H22N2O6S2. The predicted octanol–water partition coefficient (Wildman–Crippen LogP) is 2.38. The SMILES string of the molecule is Cc1ccc(OC(=O)[C@@H](C(=O)N[C@@H]2C(=O)N3[C@@H]2SC(C)(C)[C@@H]3C(=O)O)c2ccsc2)cc1. The number of esters is 1. The standard InChI is InChI=1S/C22H22N2O6S2/c1-11-4-6-13(7-5-11)30-21(29)14(12-8-9-31-10-12)17(25)23-15-18(26)24-16(20(27)28)22(2,3)32-19(15)24/h4-10,14-16,19H,1-3H3,(H,23,25)(H,27,28)/t14-,15-,16+,19-/m1/s1. The molecule has 1 aromatic carbocycles. The monoisotopic (exact) mass is 474 g/mol. The maximum absolute atomic E-state index is 13.1. The number of benzene rings is 1. The normalized spacial score (nSPS) is 24.3. The van der Waals surface area contributed by atoms with E-state index in [0.29, 0.717) is 11.3 Å². The fraction of sp³-hybridized carbons (Fsp3) is 0.364. The molecule has 1 aromatic heterocycles. The number of carbonyl (C=O) groups is 4. The van der Waals surface area contributed by atoms with Crippen LogP contribution in [0.4, 0.5) is 0 Å². The Hall–Kier alpha value is -2.85. The number of rotatable bonds is 6. The third-order valence-corrected chi connectivity index (χ3v) is 7.86. The summed E-state index contributed by atoms with van der Waals surface area (Å²) in [6.07, 6.45) is 0. The summed E-state index contributed by atoms with van der Waals surface area (Å²) < 4.78 is 4.73. The molecule has 2 amide bonds. The summed E-state index contributed by atoms with van der Waals surface area (Å²) in [5, 5.41) is 15.1. The fourth-order valence-electron chi connectivity index (χ4n) is 4.00. The first kappa shape index (κ1) is 22.3. The molecule has 32 heavy (non-hydrogen) atoms. The van der Waals surface area contributed by atoms with E-state index >= 15 is 0 Å². The van der Waals surface area contributed by atoms with E-state index in [2.05, 4.69) is 5.32 Å². The van der Waals surface area contributed by atoms with Crippen molar-refractivity contribution < 1.29 is 29.0 Å². The zero-order valence-electron chi connectivity index (χ0n) is 17.6. The van der Waals surface area contributed by atoms with Gasteiger partial charge in [0.05, 0.1) is 0 Å². The molecule has 8 nitrogen and oxygen atoms in total. The van der Waals surface area contributed by atoms with E-state index in [4.69, 9.17) is 4.74 Å². The summed E-state index contributed by atoms with van der Waals surface area (Å²) in [6.45, 7) is 5.42. The molecule has 0 radical (unpaired) electrons. The van der Waals surface area contributed by atoms with Gasteiger partial charge in [0, 0.05) is 4.75 Å². The number of hydrogen-bond donors (Lipinski definition) is 2. The van der Waals surface area contributed by atoms with Crippen LogP contribution in [0.5, 0.6) is 5.75 Å². The number of amides is 2. The molecule has 2 aromatic rings. The quantitative estimate of drug-likeness (QED) is 0.286. The summed E-state index contributed by atoms with van der Waals surface area (Å²) >= 11 is 2.66. The number of thiophene rings is 1. The average molecular weight is 475 g/mol. The van der Waals surface area contributed by atoms with Crippen LogP contribution < -0.4 is 10.1 Å². The summed E-state index contributed by atoms with van der Waals surface area (Å²) in [4.78, 5) is 51.7. The lowest BCUT2D eigenvalue weighted by Crippen LogP contribution is -2.71. The predicted molar refractivity (Wildman–Crippen MR) is 120 cm³/mol. The summed E-state index contributed by atoms with van der Waals surface area (Å²) in [5.74, 6) is -3.89. The molecular weight excluding hydrogens is 452 g/mol. The Bertz CT molecular complexity index is 1070. The molecule has 0 aliphatic carbocycles. The molecule has 2 N–H and O–H groups in total. The van der Waals surface area contributed by atoms with Gasteiger partial charge in [-0.1, -0.05) is 17.7 Å². The molecule has 2 fully saturated rings. The Morgan fingerprint density at radius 3 is 2.47 bits per heavy atom. The highest BCUT2D eigenvalue weighted by atomic mass is 32.2. The smallest absolute Gasteiger partial charge is 0.328 e. The number of ether oxygens (including phenoxy) is 1. The lowest BCUT2D eigenvalue weighted by Gasteiger charge is -2.43.